The van der Waals surface area contributed by atoms with Gasteiger partial charge in [0.2, 0.25) is 5.91 Å². The van der Waals surface area contributed by atoms with Gasteiger partial charge in [-0.3, -0.25) is 4.79 Å². The van der Waals surface area contributed by atoms with Gasteiger partial charge in [0.05, 0.1) is 22.1 Å². The summed E-state index contributed by atoms with van der Waals surface area (Å²) in [7, 11) is 0. The lowest BCUT2D eigenvalue weighted by atomic mass is 9.89. The summed E-state index contributed by atoms with van der Waals surface area (Å²) < 4.78 is 6.19. The fourth-order valence-electron chi connectivity index (χ4n) is 3.85. The quantitative estimate of drug-likeness (QED) is 0.765. The molecule has 0 radical (unpaired) electrons. The molecule has 4 rings (SSSR count). The number of piperidine rings is 1. The first-order valence-electron chi connectivity index (χ1n) is 8.35. The smallest absolute Gasteiger partial charge is 0.217 e. The standard InChI is InChI=1S/C19H18Cl2N2O2/c1-11(24)22-14-6-4-10-23-18(14)12-5-2-3-7-15(12)25-16-9-8-13(20)17(21)19(16)23/h2-3,5,7-9,14,18H,4,6,10H2,1H3,(H,22,24)/t14-,18+/m1/s1. The fraction of sp³-hybridized carbons (Fsp3) is 0.316. The number of hydrogen-bond donors (Lipinski definition) is 1. The monoisotopic (exact) mass is 376 g/mol. The molecular weight excluding hydrogens is 359 g/mol. The largest absolute Gasteiger partial charge is 0.455 e. The molecule has 2 aromatic rings. The SMILES string of the molecule is CC(=O)N[C@@H]1CCCN2c3c(ccc(Cl)c3Cl)Oc3ccccc3[C@@H]12. The van der Waals surface area contributed by atoms with Crippen molar-refractivity contribution in [3.63, 3.8) is 0 Å². The van der Waals surface area contributed by atoms with Gasteiger partial charge >= 0.3 is 0 Å². The van der Waals surface area contributed by atoms with Crippen LogP contribution in [0.3, 0.4) is 0 Å². The van der Waals surface area contributed by atoms with Gasteiger partial charge in [0.25, 0.3) is 0 Å². The molecule has 0 saturated carbocycles. The van der Waals surface area contributed by atoms with Crippen molar-refractivity contribution in [1.82, 2.24) is 5.32 Å². The van der Waals surface area contributed by atoms with E-state index in [9.17, 15) is 4.79 Å². The molecule has 0 spiro atoms. The molecule has 0 aromatic heterocycles. The van der Waals surface area contributed by atoms with Crippen molar-refractivity contribution in [2.24, 2.45) is 0 Å². The Morgan fingerprint density at radius 2 is 2.00 bits per heavy atom. The maximum atomic E-state index is 11.7. The third-order valence-corrected chi connectivity index (χ3v) is 5.59. The van der Waals surface area contributed by atoms with Crippen molar-refractivity contribution < 1.29 is 9.53 Å². The second kappa shape index (κ2) is 6.43. The second-order valence-corrected chi connectivity index (χ2v) is 7.22. The van der Waals surface area contributed by atoms with Crippen LogP contribution < -0.4 is 15.0 Å². The minimum Gasteiger partial charge on any atom is -0.455 e. The first-order chi connectivity index (χ1) is 12.1. The molecule has 4 nitrogen and oxygen atoms in total. The predicted octanol–water partition coefficient (Wildman–Crippen LogP) is 4.95. The highest BCUT2D eigenvalue weighted by Crippen LogP contribution is 2.51. The van der Waals surface area contributed by atoms with Crippen molar-refractivity contribution in [3.05, 3.63) is 52.0 Å². The van der Waals surface area contributed by atoms with Gasteiger partial charge in [-0.15, -0.1) is 0 Å². The molecule has 2 aliphatic rings. The minimum atomic E-state index is -0.0499. The first kappa shape index (κ1) is 16.6. The van der Waals surface area contributed by atoms with Crippen LogP contribution in [0.25, 0.3) is 0 Å². The van der Waals surface area contributed by atoms with E-state index in [1.54, 1.807) is 13.0 Å². The molecule has 25 heavy (non-hydrogen) atoms. The highest BCUT2D eigenvalue weighted by atomic mass is 35.5. The molecule has 1 fully saturated rings. The molecule has 0 bridgehead atoms. The molecule has 1 N–H and O–H groups in total. The third-order valence-electron chi connectivity index (χ3n) is 4.80. The summed E-state index contributed by atoms with van der Waals surface area (Å²) in [5.74, 6) is 1.44. The van der Waals surface area contributed by atoms with E-state index in [4.69, 9.17) is 27.9 Å². The molecule has 2 aliphatic heterocycles. The number of anilines is 1. The summed E-state index contributed by atoms with van der Waals surface area (Å²) in [6.45, 7) is 2.38. The topological polar surface area (TPSA) is 41.6 Å². The van der Waals surface area contributed by atoms with Gasteiger partial charge in [-0.2, -0.15) is 0 Å². The fourth-order valence-corrected chi connectivity index (χ4v) is 4.27. The van der Waals surface area contributed by atoms with Gasteiger partial charge < -0.3 is 15.0 Å². The number of carbonyl (C=O) groups is 1. The van der Waals surface area contributed by atoms with Crippen molar-refractivity contribution in [3.8, 4) is 11.5 Å². The van der Waals surface area contributed by atoms with Gasteiger partial charge in [0.1, 0.15) is 11.4 Å². The van der Waals surface area contributed by atoms with Gasteiger partial charge in [-0.1, -0.05) is 41.4 Å². The Morgan fingerprint density at radius 1 is 1.20 bits per heavy atom. The Kier molecular flexibility index (Phi) is 4.26. The predicted molar refractivity (Wildman–Crippen MR) is 99.9 cm³/mol. The number of amides is 1. The summed E-state index contributed by atoms with van der Waals surface area (Å²) in [6.07, 6.45) is 1.86. The summed E-state index contributed by atoms with van der Waals surface area (Å²) >= 11 is 12.8. The molecule has 2 atom stereocenters. The number of fused-ring (bicyclic) bond motifs is 5. The molecule has 2 aromatic carbocycles. The van der Waals surface area contributed by atoms with Crippen molar-refractivity contribution in [2.45, 2.75) is 31.8 Å². The molecule has 2 heterocycles. The van der Waals surface area contributed by atoms with E-state index in [0.29, 0.717) is 15.8 Å². The number of para-hydroxylation sites is 1. The number of rotatable bonds is 1. The Labute approximate surface area is 156 Å². The second-order valence-electron chi connectivity index (χ2n) is 6.44. The number of halogens is 2. The zero-order valence-corrected chi connectivity index (χ0v) is 15.3. The average molecular weight is 377 g/mol. The Bertz CT molecular complexity index is 840. The van der Waals surface area contributed by atoms with E-state index < -0.39 is 0 Å². The van der Waals surface area contributed by atoms with Gasteiger partial charge in [0.15, 0.2) is 5.75 Å². The highest BCUT2D eigenvalue weighted by Gasteiger charge is 2.39. The minimum absolute atomic E-state index is 0.0167. The molecule has 1 amide bonds. The number of nitrogens with zero attached hydrogens (tertiary/aromatic N) is 1. The van der Waals surface area contributed by atoms with Crippen LogP contribution in [-0.4, -0.2) is 18.5 Å². The van der Waals surface area contributed by atoms with E-state index in [1.165, 1.54) is 0 Å². The number of nitrogens with one attached hydrogen (secondary N) is 1. The molecule has 6 heteroatoms. The Balaban J connectivity index is 1.92. The van der Waals surface area contributed by atoms with E-state index in [2.05, 4.69) is 16.3 Å². The van der Waals surface area contributed by atoms with Crippen LogP contribution in [0.5, 0.6) is 11.5 Å². The summed E-state index contributed by atoms with van der Waals surface area (Å²) in [5.41, 5.74) is 1.84. The first-order valence-corrected chi connectivity index (χ1v) is 9.10. The average Bonchev–Trinajstić information content (AvgIpc) is 2.73. The lowest BCUT2D eigenvalue weighted by Crippen LogP contribution is -2.49. The van der Waals surface area contributed by atoms with Crippen molar-refractivity contribution >= 4 is 34.8 Å². The normalized spacial score (nSPS) is 21.3. The Hall–Kier alpha value is -1.91. The van der Waals surface area contributed by atoms with Crippen molar-refractivity contribution in [1.29, 1.82) is 0 Å². The van der Waals surface area contributed by atoms with E-state index in [1.807, 2.05) is 24.3 Å². The molecular formula is C19H18Cl2N2O2. The van der Waals surface area contributed by atoms with Crippen LogP contribution in [0, 0.1) is 0 Å². The summed E-state index contributed by atoms with van der Waals surface area (Å²) in [5, 5.41) is 4.08. The number of ether oxygens (including phenoxy) is 1. The highest BCUT2D eigenvalue weighted by molar-refractivity contribution is 6.44. The molecule has 0 unspecified atom stereocenters. The number of hydrogen-bond acceptors (Lipinski definition) is 3. The maximum Gasteiger partial charge on any atom is 0.217 e. The summed E-state index contributed by atoms with van der Waals surface area (Å²) in [4.78, 5) is 14.0. The van der Waals surface area contributed by atoms with Crippen LogP contribution in [-0.2, 0) is 4.79 Å². The van der Waals surface area contributed by atoms with Crippen molar-refractivity contribution in [2.75, 3.05) is 11.4 Å². The summed E-state index contributed by atoms with van der Waals surface area (Å²) in [6, 6.07) is 11.5. The lowest BCUT2D eigenvalue weighted by Gasteiger charge is -2.42. The molecule has 130 valence electrons. The van der Waals surface area contributed by atoms with Crippen LogP contribution in [0.15, 0.2) is 36.4 Å². The van der Waals surface area contributed by atoms with E-state index in [-0.39, 0.29) is 18.0 Å². The van der Waals surface area contributed by atoms with Crippen LogP contribution in [0.2, 0.25) is 10.0 Å². The Morgan fingerprint density at radius 3 is 2.80 bits per heavy atom. The van der Waals surface area contributed by atoms with Gasteiger partial charge in [-0.05, 0) is 31.0 Å². The zero-order chi connectivity index (χ0) is 17.6. The zero-order valence-electron chi connectivity index (χ0n) is 13.8. The van der Waals surface area contributed by atoms with Gasteiger partial charge in [-0.25, -0.2) is 0 Å². The number of benzene rings is 2. The van der Waals surface area contributed by atoms with Gasteiger partial charge in [0, 0.05) is 19.0 Å². The number of carbonyl (C=O) groups excluding carboxylic acids is 1. The van der Waals surface area contributed by atoms with Crippen LogP contribution in [0.4, 0.5) is 5.69 Å². The van der Waals surface area contributed by atoms with Crippen LogP contribution >= 0.6 is 23.2 Å². The van der Waals surface area contributed by atoms with E-state index in [0.717, 1.165) is 36.4 Å². The maximum absolute atomic E-state index is 11.7. The molecule has 0 aliphatic carbocycles. The molecule has 1 saturated heterocycles. The van der Waals surface area contributed by atoms with Crippen LogP contribution in [0.1, 0.15) is 31.4 Å². The lowest BCUT2D eigenvalue weighted by molar-refractivity contribution is -0.119. The third kappa shape index (κ3) is 2.83. The van der Waals surface area contributed by atoms with E-state index >= 15 is 0 Å².